The Bertz CT molecular complexity index is 420. The number of fused-ring (bicyclic) bond motifs is 5. The average Bonchev–Trinajstić information content (AvgIpc) is 2.84. The van der Waals surface area contributed by atoms with Gasteiger partial charge < -0.3 is 10.2 Å². The molecule has 0 amide bonds. The van der Waals surface area contributed by atoms with Crippen LogP contribution in [0.4, 0.5) is 0 Å². The largest absolute Gasteiger partial charge is 0.393 e. The zero-order chi connectivity index (χ0) is 15.5. The smallest absolute Gasteiger partial charge is 0.0545 e. The molecule has 0 heterocycles. The van der Waals surface area contributed by atoms with E-state index in [0.717, 1.165) is 42.4 Å². The SMILES string of the molecule is CC(O)[C@H]1CC[C@H]2[C@@H]3CC[C@@H]4CC(O)CC[C@@H]4[C@H]3CC[C@]12C. The first-order chi connectivity index (χ1) is 10.5. The maximum atomic E-state index is 10.2. The van der Waals surface area contributed by atoms with Crippen LogP contribution >= 0.6 is 0 Å². The quantitative estimate of drug-likeness (QED) is 0.769. The predicted octanol–water partition coefficient (Wildman–Crippen LogP) is 4.00. The van der Waals surface area contributed by atoms with Crippen LogP contribution in [-0.4, -0.2) is 22.4 Å². The molecule has 4 saturated carbocycles. The highest BCUT2D eigenvalue weighted by Crippen LogP contribution is 2.64. The van der Waals surface area contributed by atoms with Gasteiger partial charge in [0.1, 0.15) is 0 Å². The molecular weight excluding hydrogens is 272 g/mol. The Labute approximate surface area is 135 Å². The van der Waals surface area contributed by atoms with E-state index in [4.69, 9.17) is 0 Å². The summed E-state index contributed by atoms with van der Waals surface area (Å²) in [5, 5.41) is 20.2. The molecule has 0 saturated heterocycles. The van der Waals surface area contributed by atoms with Crippen molar-refractivity contribution in [3.63, 3.8) is 0 Å². The predicted molar refractivity (Wildman–Crippen MR) is 88.3 cm³/mol. The van der Waals surface area contributed by atoms with Crippen LogP contribution < -0.4 is 0 Å². The molecule has 4 fully saturated rings. The van der Waals surface area contributed by atoms with E-state index in [0.29, 0.717) is 11.3 Å². The third-order valence-electron chi connectivity index (χ3n) is 8.58. The summed E-state index contributed by atoms with van der Waals surface area (Å²) in [6.45, 7) is 4.51. The Kier molecular flexibility index (Phi) is 3.85. The van der Waals surface area contributed by atoms with Gasteiger partial charge in [-0.05, 0) is 106 Å². The third kappa shape index (κ3) is 2.20. The van der Waals surface area contributed by atoms with E-state index >= 15 is 0 Å². The molecule has 9 atom stereocenters. The van der Waals surface area contributed by atoms with Crippen LogP contribution in [0.5, 0.6) is 0 Å². The minimum atomic E-state index is -0.132. The Morgan fingerprint density at radius 2 is 1.68 bits per heavy atom. The van der Waals surface area contributed by atoms with Crippen LogP contribution in [-0.2, 0) is 0 Å². The molecular formula is C20H34O2. The van der Waals surface area contributed by atoms with Crippen LogP contribution in [0.1, 0.15) is 71.6 Å². The summed E-state index contributed by atoms with van der Waals surface area (Å²) < 4.78 is 0. The first kappa shape index (κ1) is 15.4. The van der Waals surface area contributed by atoms with Gasteiger partial charge in [-0.1, -0.05) is 6.92 Å². The van der Waals surface area contributed by atoms with Crippen molar-refractivity contribution in [2.75, 3.05) is 0 Å². The molecule has 0 aromatic carbocycles. The zero-order valence-corrected chi connectivity index (χ0v) is 14.4. The molecule has 4 aliphatic carbocycles. The Morgan fingerprint density at radius 3 is 2.45 bits per heavy atom. The van der Waals surface area contributed by atoms with Gasteiger partial charge in [0, 0.05) is 0 Å². The summed E-state index contributed by atoms with van der Waals surface area (Å²) in [6.07, 6.45) is 11.3. The lowest BCUT2D eigenvalue weighted by atomic mass is 9.49. The first-order valence-corrected chi connectivity index (χ1v) is 9.87. The maximum Gasteiger partial charge on any atom is 0.0545 e. The molecule has 2 nitrogen and oxygen atoms in total. The minimum Gasteiger partial charge on any atom is -0.393 e. The summed E-state index contributed by atoms with van der Waals surface area (Å²) in [5.41, 5.74) is 0.399. The molecule has 22 heavy (non-hydrogen) atoms. The van der Waals surface area contributed by atoms with Gasteiger partial charge in [0.05, 0.1) is 12.2 Å². The molecule has 4 rings (SSSR count). The van der Waals surface area contributed by atoms with Gasteiger partial charge in [-0.15, -0.1) is 0 Å². The highest BCUT2D eigenvalue weighted by Gasteiger charge is 2.57. The minimum absolute atomic E-state index is 0.0160. The second kappa shape index (κ2) is 5.48. The van der Waals surface area contributed by atoms with E-state index in [-0.39, 0.29) is 12.2 Å². The maximum absolute atomic E-state index is 10.2. The van der Waals surface area contributed by atoms with E-state index in [1.165, 1.54) is 44.9 Å². The fourth-order valence-corrected chi connectivity index (χ4v) is 7.66. The van der Waals surface area contributed by atoms with Crippen LogP contribution in [0.15, 0.2) is 0 Å². The Hall–Kier alpha value is -0.0800. The van der Waals surface area contributed by atoms with Gasteiger partial charge in [-0.2, -0.15) is 0 Å². The van der Waals surface area contributed by atoms with Gasteiger partial charge in [-0.25, -0.2) is 0 Å². The third-order valence-corrected chi connectivity index (χ3v) is 8.58. The molecule has 126 valence electrons. The van der Waals surface area contributed by atoms with Crippen molar-refractivity contribution >= 4 is 0 Å². The standard InChI is InChI=1S/C20H34O2/c1-12(21)18-7-8-19-17-5-3-13-11-14(22)4-6-15(13)16(17)9-10-20(18,19)2/h12-19,21-22H,3-11H2,1-2H3/t12?,13-,14?,15+,16-,17-,18-,19+,20-/m1/s1. The lowest BCUT2D eigenvalue weighted by Gasteiger charge is -2.56. The van der Waals surface area contributed by atoms with E-state index < -0.39 is 0 Å². The molecule has 4 aliphatic rings. The Morgan fingerprint density at radius 1 is 0.909 bits per heavy atom. The number of hydrogen-bond acceptors (Lipinski definition) is 2. The zero-order valence-electron chi connectivity index (χ0n) is 14.4. The normalized spacial score (nSPS) is 55.9. The van der Waals surface area contributed by atoms with Crippen molar-refractivity contribution in [3.8, 4) is 0 Å². The molecule has 2 unspecified atom stereocenters. The van der Waals surface area contributed by atoms with Crippen LogP contribution in [0, 0.1) is 40.9 Å². The average molecular weight is 306 g/mol. The van der Waals surface area contributed by atoms with Crippen LogP contribution in [0.3, 0.4) is 0 Å². The summed E-state index contributed by atoms with van der Waals surface area (Å²) in [4.78, 5) is 0. The second-order valence-electron chi connectivity index (χ2n) is 9.37. The molecule has 0 bridgehead atoms. The number of rotatable bonds is 1. The second-order valence-corrected chi connectivity index (χ2v) is 9.37. The van der Waals surface area contributed by atoms with Gasteiger partial charge in [0.2, 0.25) is 0 Å². The number of aliphatic hydroxyl groups excluding tert-OH is 2. The highest BCUT2D eigenvalue weighted by molar-refractivity contribution is 5.06. The fourth-order valence-electron chi connectivity index (χ4n) is 7.66. The van der Waals surface area contributed by atoms with Crippen LogP contribution in [0.2, 0.25) is 0 Å². The van der Waals surface area contributed by atoms with Crippen LogP contribution in [0.25, 0.3) is 0 Å². The topological polar surface area (TPSA) is 40.5 Å². The molecule has 0 aliphatic heterocycles. The number of hydrogen-bond donors (Lipinski definition) is 2. The van der Waals surface area contributed by atoms with Crippen molar-refractivity contribution in [2.45, 2.75) is 83.8 Å². The molecule has 2 heteroatoms. The molecule has 2 N–H and O–H groups in total. The number of aliphatic hydroxyl groups is 2. The monoisotopic (exact) mass is 306 g/mol. The van der Waals surface area contributed by atoms with Crippen molar-refractivity contribution < 1.29 is 10.2 Å². The van der Waals surface area contributed by atoms with Gasteiger partial charge in [0.15, 0.2) is 0 Å². The first-order valence-electron chi connectivity index (χ1n) is 9.87. The Balaban J connectivity index is 1.55. The molecule has 0 aromatic rings. The molecule has 0 spiro atoms. The van der Waals surface area contributed by atoms with Gasteiger partial charge in [-0.3, -0.25) is 0 Å². The lowest BCUT2D eigenvalue weighted by Crippen LogP contribution is -2.49. The van der Waals surface area contributed by atoms with Gasteiger partial charge >= 0.3 is 0 Å². The molecule has 0 radical (unpaired) electrons. The van der Waals surface area contributed by atoms with E-state index in [2.05, 4.69) is 6.92 Å². The summed E-state index contributed by atoms with van der Waals surface area (Å²) in [5.74, 6) is 4.94. The fraction of sp³-hybridized carbons (Fsp3) is 1.00. The van der Waals surface area contributed by atoms with Crippen molar-refractivity contribution in [1.29, 1.82) is 0 Å². The van der Waals surface area contributed by atoms with Crippen molar-refractivity contribution in [2.24, 2.45) is 40.9 Å². The van der Waals surface area contributed by atoms with Crippen molar-refractivity contribution in [1.82, 2.24) is 0 Å². The summed E-state index contributed by atoms with van der Waals surface area (Å²) >= 11 is 0. The van der Waals surface area contributed by atoms with Gasteiger partial charge in [0.25, 0.3) is 0 Å². The van der Waals surface area contributed by atoms with E-state index in [9.17, 15) is 10.2 Å². The van der Waals surface area contributed by atoms with Crippen molar-refractivity contribution in [3.05, 3.63) is 0 Å². The van der Waals surface area contributed by atoms with E-state index in [1.807, 2.05) is 6.92 Å². The summed E-state index contributed by atoms with van der Waals surface area (Å²) in [6, 6.07) is 0. The van der Waals surface area contributed by atoms with E-state index in [1.54, 1.807) is 0 Å². The molecule has 0 aromatic heterocycles. The lowest BCUT2D eigenvalue weighted by molar-refractivity contribution is -0.0886. The summed E-state index contributed by atoms with van der Waals surface area (Å²) in [7, 11) is 0. The highest BCUT2D eigenvalue weighted by atomic mass is 16.3.